The third-order valence-electron chi connectivity index (χ3n) is 4.23. The zero-order valence-corrected chi connectivity index (χ0v) is 10.9. The quantitative estimate of drug-likeness (QED) is 0.724. The first kappa shape index (κ1) is 12.8. The molecular formula is C13H24N2O2. The summed E-state index contributed by atoms with van der Waals surface area (Å²) >= 11 is 0. The topological polar surface area (TPSA) is 41.6 Å². The molecule has 0 radical (unpaired) electrons. The van der Waals surface area contributed by atoms with Crippen molar-refractivity contribution in [2.45, 2.75) is 31.7 Å². The fourth-order valence-electron chi connectivity index (χ4n) is 2.80. The molecule has 1 saturated heterocycles. The summed E-state index contributed by atoms with van der Waals surface area (Å²) < 4.78 is 4.95. The molecule has 4 heteroatoms. The monoisotopic (exact) mass is 240 g/mol. The third-order valence-corrected chi connectivity index (χ3v) is 4.23. The minimum atomic E-state index is -0.0443. The molecule has 1 saturated carbocycles. The maximum absolute atomic E-state index is 11.8. The van der Waals surface area contributed by atoms with Gasteiger partial charge in [-0.2, -0.15) is 0 Å². The van der Waals surface area contributed by atoms with Crippen LogP contribution in [-0.2, 0) is 9.53 Å². The summed E-state index contributed by atoms with van der Waals surface area (Å²) in [6, 6.07) is 0.640. The number of carbonyl (C=O) groups is 1. The Morgan fingerprint density at radius 2 is 2.24 bits per heavy atom. The largest absolute Gasteiger partial charge is 0.469 e. The molecule has 2 aliphatic rings. The van der Waals surface area contributed by atoms with Crippen LogP contribution >= 0.6 is 0 Å². The summed E-state index contributed by atoms with van der Waals surface area (Å²) in [7, 11) is 3.62. The number of rotatable bonds is 5. The van der Waals surface area contributed by atoms with Crippen LogP contribution in [0.4, 0.5) is 0 Å². The Labute approximate surface area is 104 Å². The standard InChI is InChI=1S/C13H24N2O2/c1-15-7-6-10(9-15)12(13(16)17-2)8-14-11-4-3-5-11/h10-12,14H,3-9H2,1-2H3. The van der Waals surface area contributed by atoms with Gasteiger partial charge >= 0.3 is 5.97 Å². The van der Waals surface area contributed by atoms with Crippen LogP contribution in [0.15, 0.2) is 0 Å². The van der Waals surface area contributed by atoms with Crippen molar-refractivity contribution in [2.75, 3.05) is 33.8 Å². The fraction of sp³-hybridized carbons (Fsp3) is 0.923. The Morgan fingerprint density at radius 3 is 2.71 bits per heavy atom. The van der Waals surface area contributed by atoms with E-state index in [9.17, 15) is 4.79 Å². The number of esters is 1. The second-order valence-corrected chi connectivity index (χ2v) is 5.48. The average molecular weight is 240 g/mol. The molecule has 0 bridgehead atoms. The maximum atomic E-state index is 11.8. The summed E-state index contributed by atoms with van der Waals surface area (Å²) in [5.74, 6) is 0.447. The lowest BCUT2D eigenvalue weighted by atomic mass is 9.89. The van der Waals surface area contributed by atoms with Gasteiger partial charge < -0.3 is 15.0 Å². The Hall–Kier alpha value is -0.610. The maximum Gasteiger partial charge on any atom is 0.310 e. The molecule has 2 rings (SSSR count). The highest BCUT2D eigenvalue weighted by molar-refractivity contribution is 5.73. The first-order valence-corrected chi connectivity index (χ1v) is 6.70. The predicted octanol–water partition coefficient (Wildman–Crippen LogP) is 0.869. The molecule has 2 fully saturated rings. The van der Waals surface area contributed by atoms with Gasteiger partial charge in [-0.3, -0.25) is 4.79 Å². The Kier molecular flexibility index (Phi) is 4.40. The van der Waals surface area contributed by atoms with E-state index >= 15 is 0 Å². The zero-order valence-electron chi connectivity index (χ0n) is 10.9. The molecule has 1 aliphatic carbocycles. The molecule has 0 aromatic carbocycles. The number of hydrogen-bond donors (Lipinski definition) is 1. The molecule has 98 valence electrons. The van der Waals surface area contributed by atoms with Crippen LogP contribution in [0.1, 0.15) is 25.7 Å². The summed E-state index contributed by atoms with van der Waals surface area (Å²) in [5.41, 5.74) is 0. The van der Waals surface area contributed by atoms with Gasteiger partial charge in [0.2, 0.25) is 0 Å². The lowest BCUT2D eigenvalue weighted by Gasteiger charge is -2.30. The first-order chi connectivity index (χ1) is 8.20. The van der Waals surface area contributed by atoms with Crippen LogP contribution < -0.4 is 5.32 Å². The Morgan fingerprint density at radius 1 is 1.47 bits per heavy atom. The van der Waals surface area contributed by atoms with Gasteiger partial charge in [0, 0.05) is 19.1 Å². The van der Waals surface area contributed by atoms with E-state index in [2.05, 4.69) is 17.3 Å². The summed E-state index contributed by atoms with van der Waals surface area (Å²) in [6.07, 6.45) is 4.96. The number of nitrogens with one attached hydrogen (secondary N) is 1. The molecular weight excluding hydrogens is 216 g/mol. The first-order valence-electron chi connectivity index (χ1n) is 6.70. The number of likely N-dealkylation sites (tertiary alicyclic amines) is 1. The normalized spacial score (nSPS) is 27.8. The highest BCUT2D eigenvalue weighted by atomic mass is 16.5. The molecule has 2 unspecified atom stereocenters. The van der Waals surface area contributed by atoms with E-state index in [-0.39, 0.29) is 11.9 Å². The molecule has 0 aromatic heterocycles. The molecule has 17 heavy (non-hydrogen) atoms. The number of carbonyl (C=O) groups excluding carboxylic acids is 1. The van der Waals surface area contributed by atoms with Crippen molar-refractivity contribution >= 4 is 5.97 Å². The fourth-order valence-corrected chi connectivity index (χ4v) is 2.80. The van der Waals surface area contributed by atoms with Crippen LogP contribution in [0, 0.1) is 11.8 Å². The SMILES string of the molecule is COC(=O)C(CNC1CCC1)C1CCN(C)C1. The van der Waals surface area contributed by atoms with Gasteiger partial charge in [-0.25, -0.2) is 0 Å². The van der Waals surface area contributed by atoms with Crippen molar-refractivity contribution in [2.24, 2.45) is 11.8 Å². The van der Waals surface area contributed by atoms with Crippen molar-refractivity contribution in [3.63, 3.8) is 0 Å². The molecule has 2 atom stereocenters. The van der Waals surface area contributed by atoms with Crippen LogP contribution in [-0.4, -0.2) is 50.7 Å². The van der Waals surface area contributed by atoms with Crippen molar-refractivity contribution in [3.05, 3.63) is 0 Å². The van der Waals surface area contributed by atoms with Crippen molar-refractivity contribution in [1.29, 1.82) is 0 Å². The smallest absolute Gasteiger partial charge is 0.310 e. The van der Waals surface area contributed by atoms with Crippen molar-refractivity contribution in [3.8, 4) is 0 Å². The Balaban J connectivity index is 1.85. The number of ether oxygens (including phenoxy) is 1. The summed E-state index contributed by atoms with van der Waals surface area (Å²) in [6.45, 7) is 2.91. The lowest BCUT2D eigenvalue weighted by molar-refractivity contribution is -0.147. The van der Waals surface area contributed by atoms with E-state index in [0.717, 1.165) is 26.1 Å². The van der Waals surface area contributed by atoms with Crippen LogP contribution in [0.2, 0.25) is 0 Å². The molecule has 0 spiro atoms. The molecule has 0 aromatic rings. The summed E-state index contributed by atoms with van der Waals surface area (Å²) in [5, 5.41) is 3.51. The second-order valence-electron chi connectivity index (χ2n) is 5.48. The van der Waals surface area contributed by atoms with Gasteiger partial charge in [0.05, 0.1) is 13.0 Å². The summed E-state index contributed by atoms with van der Waals surface area (Å²) in [4.78, 5) is 14.1. The second kappa shape index (κ2) is 5.83. The van der Waals surface area contributed by atoms with Gasteiger partial charge in [-0.1, -0.05) is 6.42 Å². The lowest BCUT2D eigenvalue weighted by Crippen LogP contribution is -2.42. The molecule has 1 N–H and O–H groups in total. The molecule has 1 heterocycles. The van der Waals surface area contributed by atoms with E-state index in [1.807, 2.05) is 0 Å². The van der Waals surface area contributed by atoms with E-state index in [1.54, 1.807) is 0 Å². The molecule has 1 aliphatic heterocycles. The van der Waals surface area contributed by atoms with E-state index < -0.39 is 0 Å². The highest BCUT2D eigenvalue weighted by Crippen LogP contribution is 2.25. The molecule has 4 nitrogen and oxygen atoms in total. The van der Waals surface area contributed by atoms with Crippen molar-refractivity contribution in [1.82, 2.24) is 10.2 Å². The third kappa shape index (κ3) is 3.19. The van der Waals surface area contributed by atoms with Gasteiger partial charge in [-0.05, 0) is 38.8 Å². The van der Waals surface area contributed by atoms with Crippen LogP contribution in [0.3, 0.4) is 0 Å². The minimum absolute atomic E-state index is 0.0329. The number of methoxy groups -OCH3 is 1. The van der Waals surface area contributed by atoms with E-state index in [0.29, 0.717) is 12.0 Å². The van der Waals surface area contributed by atoms with Crippen molar-refractivity contribution < 1.29 is 9.53 Å². The highest BCUT2D eigenvalue weighted by Gasteiger charge is 2.34. The van der Waals surface area contributed by atoms with Gasteiger partial charge in [0.15, 0.2) is 0 Å². The minimum Gasteiger partial charge on any atom is -0.469 e. The van der Waals surface area contributed by atoms with Gasteiger partial charge in [0.25, 0.3) is 0 Å². The van der Waals surface area contributed by atoms with Gasteiger partial charge in [-0.15, -0.1) is 0 Å². The molecule has 0 amide bonds. The van der Waals surface area contributed by atoms with E-state index in [1.165, 1.54) is 26.4 Å². The van der Waals surface area contributed by atoms with Gasteiger partial charge in [0.1, 0.15) is 0 Å². The van der Waals surface area contributed by atoms with E-state index in [4.69, 9.17) is 4.74 Å². The predicted molar refractivity (Wildman–Crippen MR) is 66.8 cm³/mol. The zero-order chi connectivity index (χ0) is 12.3. The van der Waals surface area contributed by atoms with Crippen LogP contribution in [0.25, 0.3) is 0 Å². The number of nitrogens with zero attached hydrogens (tertiary/aromatic N) is 1. The van der Waals surface area contributed by atoms with Crippen LogP contribution in [0.5, 0.6) is 0 Å². The number of hydrogen-bond acceptors (Lipinski definition) is 4. The average Bonchev–Trinajstić information content (AvgIpc) is 2.67. The Bertz CT molecular complexity index is 266.